The van der Waals surface area contributed by atoms with Crippen molar-refractivity contribution in [2.24, 2.45) is 0 Å². The van der Waals surface area contributed by atoms with Crippen molar-refractivity contribution in [3.05, 3.63) is 146 Å². The molecule has 0 saturated carbocycles. The maximum Gasteiger partial charge on any atom is 1.00 e. The molecule has 40 heavy (non-hydrogen) atoms. The molecule has 0 aliphatic carbocycles. The molecule has 0 spiro atoms. The Hall–Kier alpha value is -4.61. The van der Waals surface area contributed by atoms with Gasteiger partial charge in [-0.3, -0.25) is 19.9 Å². The first-order chi connectivity index (χ1) is 19.2. The maximum absolute atomic E-state index is 5.07. The van der Waals surface area contributed by atoms with Gasteiger partial charge in [-0.25, -0.2) is 0 Å². The van der Waals surface area contributed by atoms with Crippen LogP contribution in [-0.4, -0.2) is 32.0 Å². The van der Waals surface area contributed by atoms with Crippen molar-refractivity contribution in [2.75, 3.05) is 7.11 Å². The molecule has 0 N–H and O–H groups in total. The fourth-order valence-electron chi connectivity index (χ4n) is 3.38. The molecule has 0 aliphatic rings. The summed E-state index contributed by atoms with van der Waals surface area (Å²) >= 11 is 0. The SMILES string of the molecule is COc1c[c-]c(-c2ccc(C)cn2)cc1.[Ru+].c1ccc(-c2ccccn2)nc1.c1ccc(-c2ccccn2)nc1. The minimum atomic E-state index is 0. The third-order valence-electron chi connectivity index (χ3n) is 5.39. The molecule has 0 amide bonds. The van der Waals surface area contributed by atoms with Crippen LogP contribution in [0.4, 0.5) is 0 Å². The van der Waals surface area contributed by atoms with Gasteiger partial charge in [0.15, 0.2) is 0 Å². The Morgan fingerprint density at radius 1 is 0.525 bits per heavy atom. The van der Waals surface area contributed by atoms with Crippen molar-refractivity contribution in [3.63, 3.8) is 0 Å². The van der Waals surface area contributed by atoms with Gasteiger partial charge < -0.3 is 9.72 Å². The van der Waals surface area contributed by atoms with Crippen molar-refractivity contribution < 1.29 is 24.2 Å². The van der Waals surface area contributed by atoms with Crippen molar-refractivity contribution in [3.8, 4) is 39.8 Å². The summed E-state index contributed by atoms with van der Waals surface area (Å²) in [6, 6.07) is 36.0. The predicted molar refractivity (Wildman–Crippen MR) is 155 cm³/mol. The third-order valence-corrected chi connectivity index (χ3v) is 5.39. The van der Waals surface area contributed by atoms with Crippen LogP contribution >= 0.6 is 0 Å². The quantitative estimate of drug-likeness (QED) is 0.156. The second kappa shape index (κ2) is 16.4. The van der Waals surface area contributed by atoms with Gasteiger partial charge in [0.05, 0.1) is 29.9 Å². The molecule has 7 heteroatoms. The van der Waals surface area contributed by atoms with Gasteiger partial charge in [-0.05, 0) is 66.7 Å². The molecule has 199 valence electrons. The van der Waals surface area contributed by atoms with Crippen LogP contribution in [-0.2, 0) is 19.5 Å². The standard InChI is InChI=1S/C13H12NO.2C10H8N2.Ru/c1-10-3-8-13(14-9-10)11-4-6-12(15-2)7-5-11;2*1-3-7-11-9(5-1)10-6-2-4-8-12-10;/h3-4,6-9H,1-2H3;2*1-8H;/q-1;;;+1. The van der Waals surface area contributed by atoms with Gasteiger partial charge in [-0.15, -0.1) is 29.8 Å². The second-order valence-corrected chi connectivity index (χ2v) is 8.22. The number of aryl methyl sites for hydroxylation is 1. The first kappa shape index (κ1) is 29.9. The molecule has 1 aromatic carbocycles. The molecule has 6 rings (SSSR count). The van der Waals surface area contributed by atoms with Gasteiger partial charge >= 0.3 is 19.5 Å². The van der Waals surface area contributed by atoms with E-state index in [-0.39, 0.29) is 19.5 Å². The Kier molecular flexibility index (Phi) is 12.3. The number of hydrogen-bond donors (Lipinski definition) is 0. The number of hydrogen-bond acceptors (Lipinski definition) is 6. The molecule has 1 radical (unpaired) electrons. The van der Waals surface area contributed by atoms with Crippen molar-refractivity contribution in [2.45, 2.75) is 6.92 Å². The Bertz CT molecular complexity index is 1350. The average Bonchev–Trinajstić information content (AvgIpc) is 3.04. The molecule has 6 aromatic rings. The smallest absolute Gasteiger partial charge is 0.540 e. The Balaban J connectivity index is 0.000000165. The van der Waals surface area contributed by atoms with Gasteiger partial charge in [0.25, 0.3) is 0 Å². The molecule has 5 aromatic heterocycles. The van der Waals surface area contributed by atoms with E-state index in [4.69, 9.17) is 4.74 Å². The molecule has 0 fully saturated rings. The predicted octanol–water partition coefficient (Wildman–Crippen LogP) is 7.15. The largest absolute Gasteiger partial charge is 1.00 e. The van der Waals surface area contributed by atoms with E-state index in [1.165, 1.54) is 0 Å². The molecular weight excluding hydrogens is 583 g/mol. The summed E-state index contributed by atoms with van der Waals surface area (Å²) in [6.45, 7) is 2.02. The summed E-state index contributed by atoms with van der Waals surface area (Å²) in [5.74, 6) is 0.811. The van der Waals surface area contributed by atoms with Crippen molar-refractivity contribution in [1.82, 2.24) is 24.9 Å². The number of nitrogens with zero attached hydrogens (tertiary/aromatic N) is 5. The van der Waals surface area contributed by atoms with Crippen LogP contribution in [0, 0.1) is 13.0 Å². The van der Waals surface area contributed by atoms with E-state index >= 15 is 0 Å². The van der Waals surface area contributed by atoms with Crippen LogP contribution < -0.4 is 4.74 Å². The normalized spacial score (nSPS) is 9.55. The second-order valence-electron chi connectivity index (χ2n) is 8.22. The zero-order chi connectivity index (χ0) is 27.1. The summed E-state index contributed by atoms with van der Waals surface area (Å²) < 4.78 is 5.07. The van der Waals surface area contributed by atoms with E-state index in [0.29, 0.717) is 0 Å². The number of aromatic nitrogens is 5. The Morgan fingerprint density at radius 2 is 1.00 bits per heavy atom. The minimum Gasteiger partial charge on any atom is -0.540 e. The fourth-order valence-corrected chi connectivity index (χ4v) is 3.38. The summed E-state index contributed by atoms with van der Waals surface area (Å²) in [4.78, 5) is 21.1. The van der Waals surface area contributed by atoms with Crippen LogP contribution in [0.25, 0.3) is 34.0 Å². The first-order valence-corrected chi connectivity index (χ1v) is 12.4. The molecule has 5 heterocycles. The molecule has 0 saturated heterocycles. The van der Waals surface area contributed by atoms with Crippen LogP contribution in [0.5, 0.6) is 5.75 Å². The number of ether oxygens (including phenoxy) is 1. The summed E-state index contributed by atoms with van der Waals surface area (Å²) in [7, 11) is 1.65. The topological polar surface area (TPSA) is 73.7 Å². The molecular formula is C33H28N5ORu. The van der Waals surface area contributed by atoms with Gasteiger partial charge in [-0.2, -0.15) is 0 Å². The number of benzene rings is 1. The summed E-state index contributed by atoms with van der Waals surface area (Å²) in [5, 5.41) is 0. The number of methoxy groups -OCH3 is 1. The van der Waals surface area contributed by atoms with E-state index in [9.17, 15) is 0 Å². The van der Waals surface area contributed by atoms with Gasteiger partial charge in [-0.1, -0.05) is 36.4 Å². The van der Waals surface area contributed by atoms with E-state index in [0.717, 1.165) is 45.3 Å². The molecule has 6 nitrogen and oxygen atoms in total. The van der Waals surface area contributed by atoms with Gasteiger partial charge in [0.2, 0.25) is 0 Å². The zero-order valence-electron chi connectivity index (χ0n) is 22.2. The summed E-state index contributed by atoms with van der Waals surface area (Å²) in [5.41, 5.74) is 6.73. The Labute approximate surface area is 248 Å². The number of pyridine rings is 5. The van der Waals surface area contributed by atoms with Gasteiger partial charge in [0.1, 0.15) is 0 Å². The Morgan fingerprint density at radius 3 is 1.30 bits per heavy atom. The minimum absolute atomic E-state index is 0. The van der Waals surface area contributed by atoms with E-state index in [1.807, 2.05) is 116 Å². The van der Waals surface area contributed by atoms with E-state index < -0.39 is 0 Å². The van der Waals surface area contributed by atoms with Crippen LogP contribution in [0.15, 0.2) is 134 Å². The monoisotopic (exact) mass is 612 g/mol. The molecule has 0 bridgehead atoms. The first-order valence-electron chi connectivity index (χ1n) is 12.4. The molecule has 0 atom stereocenters. The van der Waals surface area contributed by atoms with E-state index in [2.05, 4.69) is 31.0 Å². The van der Waals surface area contributed by atoms with Crippen LogP contribution in [0.2, 0.25) is 0 Å². The third kappa shape index (κ3) is 9.30. The van der Waals surface area contributed by atoms with E-state index in [1.54, 1.807) is 31.9 Å². The zero-order valence-corrected chi connectivity index (χ0v) is 23.9. The molecule has 0 aliphatic heterocycles. The number of rotatable bonds is 4. The molecule has 0 unspecified atom stereocenters. The van der Waals surface area contributed by atoms with Gasteiger partial charge in [0, 0.05) is 36.7 Å². The van der Waals surface area contributed by atoms with Crippen LogP contribution in [0.3, 0.4) is 0 Å². The fraction of sp³-hybridized carbons (Fsp3) is 0.0606. The van der Waals surface area contributed by atoms with Crippen molar-refractivity contribution in [1.29, 1.82) is 0 Å². The maximum atomic E-state index is 5.07. The average molecular weight is 612 g/mol. The summed E-state index contributed by atoms with van der Waals surface area (Å²) in [6.07, 6.45) is 8.93. The van der Waals surface area contributed by atoms with Crippen LogP contribution in [0.1, 0.15) is 5.56 Å². The van der Waals surface area contributed by atoms with Crippen molar-refractivity contribution >= 4 is 0 Å².